The van der Waals surface area contributed by atoms with Gasteiger partial charge in [0.15, 0.2) is 0 Å². The summed E-state index contributed by atoms with van der Waals surface area (Å²) in [5.74, 6) is -0.744. The molecule has 0 unspecified atom stereocenters. The fourth-order valence-electron chi connectivity index (χ4n) is 3.05. The van der Waals surface area contributed by atoms with Gasteiger partial charge in [-0.15, -0.1) is 0 Å². The molecule has 1 aliphatic heterocycles. The molecule has 1 aliphatic rings. The van der Waals surface area contributed by atoms with Gasteiger partial charge < -0.3 is 15.2 Å². The van der Waals surface area contributed by atoms with Crippen LogP contribution in [0.5, 0.6) is 5.75 Å². The monoisotopic (exact) mass is 427 g/mol. The zero-order chi connectivity index (χ0) is 21.4. The quantitative estimate of drug-likeness (QED) is 0.526. The van der Waals surface area contributed by atoms with Crippen LogP contribution in [-0.2, 0) is 14.8 Å². The van der Waals surface area contributed by atoms with Crippen LogP contribution in [0.25, 0.3) is 0 Å². The van der Waals surface area contributed by atoms with Gasteiger partial charge in [0.25, 0.3) is 5.91 Å². The number of sulfonamides is 1. The second-order valence-electron chi connectivity index (χ2n) is 6.99. The van der Waals surface area contributed by atoms with E-state index in [1.807, 2.05) is 0 Å². The standard InChI is InChI=1S/C19H29N3O6S/c1-3-4-13-28-16-7-5-15(6-8-16)18(23)20-14-17(19(24)25)21-9-11-22(12-10-21)29(2,26)27/h5-8,17H,3-4,9-14H2,1-2H3,(H,20,23)(H,24,25)/t17-/m0/s1. The molecule has 0 spiro atoms. The van der Waals surface area contributed by atoms with E-state index in [2.05, 4.69) is 12.2 Å². The largest absolute Gasteiger partial charge is 0.494 e. The molecule has 0 saturated carbocycles. The Kier molecular flexibility index (Phi) is 8.42. The molecule has 1 fully saturated rings. The van der Waals surface area contributed by atoms with Crippen LogP contribution < -0.4 is 10.1 Å². The van der Waals surface area contributed by atoms with E-state index in [0.29, 0.717) is 31.0 Å². The molecular weight excluding hydrogens is 398 g/mol. The number of aliphatic carboxylic acids is 1. The van der Waals surface area contributed by atoms with Gasteiger partial charge in [-0.25, -0.2) is 8.42 Å². The van der Waals surface area contributed by atoms with Gasteiger partial charge in [0, 0.05) is 38.3 Å². The van der Waals surface area contributed by atoms with Gasteiger partial charge in [0.2, 0.25) is 10.0 Å². The highest BCUT2D eigenvalue weighted by Crippen LogP contribution is 2.13. The highest BCUT2D eigenvalue weighted by Gasteiger charge is 2.31. The lowest BCUT2D eigenvalue weighted by atomic mass is 10.1. The summed E-state index contributed by atoms with van der Waals surface area (Å²) in [5.41, 5.74) is 0.416. The number of carbonyl (C=O) groups is 2. The molecule has 10 heteroatoms. The Balaban J connectivity index is 1.88. The number of carboxylic acids is 1. The van der Waals surface area contributed by atoms with E-state index in [1.54, 1.807) is 29.2 Å². The van der Waals surface area contributed by atoms with Crippen molar-refractivity contribution in [1.82, 2.24) is 14.5 Å². The molecule has 0 aromatic heterocycles. The van der Waals surface area contributed by atoms with E-state index >= 15 is 0 Å². The molecule has 1 amide bonds. The van der Waals surface area contributed by atoms with Gasteiger partial charge in [0.1, 0.15) is 11.8 Å². The van der Waals surface area contributed by atoms with Crippen molar-refractivity contribution in [2.75, 3.05) is 45.6 Å². The van der Waals surface area contributed by atoms with E-state index in [0.717, 1.165) is 19.1 Å². The molecule has 1 saturated heterocycles. The Morgan fingerprint density at radius 1 is 1.17 bits per heavy atom. The smallest absolute Gasteiger partial charge is 0.322 e. The fraction of sp³-hybridized carbons (Fsp3) is 0.579. The molecule has 0 radical (unpaired) electrons. The fourth-order valence-corrected chi connectivity index (χ4v) is 3.87. The van der Waals surface area contributed by atoms with Crippen LogP contribution in [0.1, 0.15) is 30.1 Å². The Labute approximate surface area is 171 Å². The molecule has 9 nitrogen and oxygen atoms in total. The predicted molar refractivity (Wildman–Crippen MR) is 109 cm³/mol. The van der Waals surface area contributed by atoms with Crippen LogP contribution in [-0.4, -0.2) is 86.2 Å². The van der Waals surface area contributed by atoms with Crippen LogP contribution >= 0.6 is 0 Å². The molecule has 1 aromatic carbocycles. The van der Waals surface area contributed by atoms with Gasteiger partial charge in [-0.2, -0.15) is 4.31 Å². The summed E-state index contributed by atoms with van der Waals surface area (Å²) in [6, 6.07) is 5.78. The van der Waals surface area contributed by atoms with Crippen molar-refractivity contribution in [3.05, 3.63) is 29.8 Å². The van der Waals surface area contributed by atoms with Gasteiger partial charge in [-0.05, 0) is 30.7 Å². The first-order chi connectivity index (χ1) is 13.7. The second kappa shape index (κ2) is 10.6. The average Bonchev–Trinajstić information content (AvgIpc) is 2.68. The summed E-state index contributed by atoms with van der Waals surface area (Å²) in [5, 5.41) is 12.2. The number of unbranched alkanes of at least 4 members (excludes halogenated alkanes) is 1. The topological polar surface area (TPSA) is 116 Å². The first-order valence-electron chi connectivity index (χ1n) is 9.65. The van der Waals surface area contributed by atoms with Gasteiger partial charge in [-0.3, -0.25) is 14.5 Å². The normalized spacial score (nSPS) is 16.9. The maximum absolute atomic E-state index is 12.4. The third-order valence-electron chi connectivity index (χ3n) is 4.81. The maximum Gasteiger partial charge on any atom is 0.322 e. The van der Waals surface area contributed by atoms with E-state index in [4.69, 9.17) is 4.74 Å². The SMILES string of the molecule is CCCCOc1ccc(C(=O)NC[C@@H](C(=O)O)N2CCN(S(C)(=O)=O)CC2)cc1. The number of rotatable bonds is 10. The van der Waals surface area contributed by atoms with Gasteiger partial charge in [-0.1, -0.05) is 13.3 Å². The Morgan fingerprint density at radius 3 is 2.31 bits per heavy atom. The summed E-state index contributed by atoms with van der Waals surface area (Å²) in [7, 11) is -3.29. The number of amides is 1. The number of carbonyl (C=O) groups excluding carboxylic acids is 1. The molecule has 162 valence electrons. The minimum Gasteiger partial charge on any atom is -0.494 e. The van der Waals surface area contributed by atoms with E-state index in [-0.39, 0.29) is 25.5 Å². The highest BCUT2D eigenvalue weighted by molar-refractivity contribution is 7.88. The summed E-state index contributed by atoms with van der Waals surface area (Å²) in [6.07, 6.45) is 3.13. The van der Waals surface area contributed by atoms with Crippen LogP contribution in [0.15, 0.2) is 24.3 Å². The Hall–Kier alpha value is -2.17. The number of carboxylic acid groups (broad SMARTS) is 1. The molecule has 0 bridgehead atoms. The minimum absolute atomic E-state index is 0.0677. The van der Waals surface area contributed by atoms with Crippen molar-refractivity contribution in [3.8, 4) is 5.75 Å². The highest BCUT2D eigenvalue weighted by atomic mass is 32.2. The molecule has 1 atom stereocenters. The number of nitrogens with zero attached hydrogens (tertiary/aromatic N) is 2. The molecule has 1 heterocycles. The maximum atomic E-state index is 12.4. The lowest BCUT2D eigenvalue weighted by Gasteiger charge is -2.36. The lowest BCUT2D eigenvalue weighted by molar-refractivity contribution is -0.143. The predicted octanol–water partition coefficient (Wildman–Crippen LogP) is 0.626. The summed E-state index contributed by atoms with van der Waals surface area (Å²) in [4.78, 5) is 25.7. The molecule has 29 heavy (non-hydrogen) atoms. The Morgan fingerprint density at radius 2 is 1.79 bits per heavy atom. The van der Waals surface area contributed by atoms with Gasteiger partial charge >= 0.3 is 5.97 Å². The first-order valence-corrected chi connectivity index (χ1v) is 11.5. The lowest BCUT2D eigenvalue weighted by Crippen LogP contribution is -2.56. The van der Waals surface area contributed by atoms with E-state index < -0.39 is 22.0 Å². The van der Waals surface area contributed by atoms with Crippen molar-refractivity contribution in [2.24, 2.45) is 0 Å². The minimum atomic E-state index is -3.29. The third kappa shape index (κ3) is 6.98. The van der Waals surface area contributed by atoms with Crippen molar-refractivity contribution in [3.63, 3.8) is 0 Å². The van der Waals surface area contributed by atoms with E-state index in [9.17, 15) is 23.1 Å². The van der Waals surface area contributed by atoms with Crippen LogP contribution in [0.2, 0.25) is 0 Å². The average molecular weight is 428 g/mol. The van der Waals surface area contributed by atoms with Crippen molar-refractivity contribution in [2.45, 2.75) is 25.8 Å². The summed E-state index contributed by atoms with van der Waals surface area (Å²) < 4.78 is 30.1. The summed E-state index contributed by atoms with van der Waals surface area (Å²) >= 11 is 0. The van der Waals surface area contributed by atoms with E-state index in [1.165, 1.54) is 4.31 Å². The number of hydrogen-bond acceptors (Lipinski definition) is 6. The molecular formula is C19H29N3O6S. The molecule has 1 aromatic rings. The number of hydrogen-bond donors (Lipinski definition) is 2. The van der Waals surface area contributed by atoms with Crippen molar-refractivity contribution in [1.29, 1.82) is 0 Å². The number of nitrogens with one attached hydrogen (secondary N) is 1. The van der Waals surface area contributed by atoms with Crippen molar-refractivity contribution >= 4 is 21.9 Å². The number of benzene rings is 1. The number of piperazine rings is 1. The van der Waals surface area contributed by atoms with Crippen LogP contribution in [0, 0.1) is 0 Å². The van der Waals surface area contributed by atoms with Gasteiger partial charge in [0.05, 0.1) is 12.9 Å². The first kappa shape index (κ1) is 23.1. The summed E-state index contributed by atoms with van der Waals surface area (Å²) in [6.45, 7) is 3.68. The molecule has 0 aliphatic carbocycles. The Bertz CT molecular complexity index is 789. The zero-order valence-electron chi connectivity index (χ0n) is 16.8. The second-order valence-corrected chi connectivity index (χ2v) is 8.97. The van der Waals surface area contributed by atoms with Crippen molar-refractivity contribution < 1.29 is 27.9 Å². The molecule has 2 N–H and O–H groups in total. The number of ether oxygens (including phenoxy) is 1. The van der Waals surface area contributed by atoms with Crippen LogP contribution in [0.3, 0.4) is 0 Å². The third-order valence-corrected chi connectivity index (χ3v) is 6.11. The zero-order valence-corrected chi connectivity index (χ0v) is 17.7. The van der Waals surface area contributed by atoms with Crippen LogP contribution in [0.4, 0.5) is 0 Å². The molecule has 2 rings (SSSR count).